The number of carbonyl (C=O) groups excluding carboxylic acids is 2. The van der Waals surface area contributed by atoms with Gasteiger partial charge in [0.15, 0.2) is 0 Å². The number of nitrogens with one attached hydrogen (secondary N) is 2. The van der Waals surface area contributed by atoms with Gasteiger partial charge in [-0.3, -0.25) is 9.59 Å². The summed E-state index contributed by atoms with van der Waals surface area (Å²) in [5.41, 5.74) is 6.76. The quantitative estimate of drug-likeness (QED) is 0.763. The average molecular weight is 327 g/mol. The Balaban J connectivity index is 1.80. The van der Waals surface area contributed by atoms with E-state index in [1.807, 2.05) is 6.07 Å². The molecule has 0 saturated heterocycles. The van der Waals surface area contributed by atoms with Gasteiger partial charge in [-0.2, -0.15) is 0 Å². The summed E-state index contributed by atoms with van der Waals surface area (Å²) in [6, 6.07) is 12.5. The SMILES string of the molecule is NC(=O)C(Nc1ccc(F)c(NC(=O)C2CC2)c1)c1ccccc1. The number of primary amides is 1. The number of hydrogen-bond donors (Lipinski definition) is 3. The van der Waals surface area contributed by atoms with Gasteiger partial charge in [0, 0.05) is 11.6 Å². The van der Waals surface area contributed by atoms with Crippen molar-refractivity contribution in [3.63, 3.8) is 0 Å². The normalized spacial score (nSPS) is 14.7. The van der Waals surface area contributed by atoms with E-state index < -0.39 is 17.8 Å². The van der Waals surface area contributed by atoms with Gasteiger partial charge in [-0.1, -0.05) is 30.3 Å². The highest BCUT2D eigenvalue weighted by Crippen LogP contribution is 2.31. The molecule has 0 heterocycles. The number of nitrogens with two attached hydrogens (primary N) is 1. The van der Waals surface area contributed by atoms with Crippen LogP contribution in [0.3, 0.4) is 0 Å². The molecular formula is C18H18FN3O2. The molecule has 2 aromatic rings. The van der Waals surface area contributed by atoms with Crippen molar-refractivity contribution in [2.45, 2.75) is 18.9 Å². The molecule has 1 aliphatic rings. The van der Waals surface area contributed by atoms with Crippen LogP contribution in [-0.4, -0.2) is 11.8 Å². The first-order chi connectivity index (χ1) is 11.5. The monoisotopic (exact) mass is 327 g/mol. The first-order valence-corrected chi connectivity index (χ1v) is 7.76. The summed E-state index contributed by atoms with van der Waals surface area (Å²) in [5.74, 6) is -1.27. The van der Waals surface area contributed by atoms with Crippen LogP contribution in [0, 0.1) is 11.7 Å². The Hall–Kier alpha value is -2.89. The number of amides is 2. The molecule has 1 saturated carbocycles. The Labute approximate surface area is 139 Å². The van der Waals surface area contributed by atoms with E-state index in [2.05, 4.69) is 10.6 Å². The molecule has 0 aromatic heterocycles. The van der Waals surface area contributed by atoms with E-state index in [1.165, 1.54) is 18.2 Å². The highest BCUT2D eigenvalue weighted by Gasteiger charge is 2.30. The average Bonchev–Trinajstić information content (AvgIpc) is 3.41. The van der Waals surface area contributed by atoms with Crippen LogP contribution in [0.2, 0.25) is 0 Å². The molecule has 0 radical (unpaired) electrons. The Morgan fingerprint density at radius 3 is 2.46 bits per heavy atom. The first-order valence-electron chi connectivity index (χ1n) is 7.76. The minimum atomic E-state index is -0.747. The number of benzene rings is 2. The molecule has 124 valence electrons. The van der Waals surface area contributed by atoms with E-state index in [0.29, 0.717) is 11.3 Å². The van der Waals surface area contributed by atoms with E-state index in [-0.39, 0.29) is 17.5 Å². The Morgan fingerprint density at radius 1 is 1.12 bits per heavy atom. The summed E-state index contributed by atoms with van der Waals surface area (Å²) in [6.07, 6.45) is 1.67. The van der Waals surface area contributed by atoms with Crippen molar-refractivity contribution in [1.29, 1.82) is 0 Å². The predicted octanol–water partition coefficient (Wildman–Crippen LogP) is 2.81. The highest BCUT2D eigenvalue weighted by atomic mass is 19.1. The molecule has 1 aliphatic carbocycles. The van der Waals surface area contributed by atoms with Crippen LogP contribution < -0.4 is 16.4 Å². The Morgan fingerprint density at radius 2 is 1.83 bits per heavy atom. The molecule has 24 heavy (non-hydrogen) atoms. The molecule has 4 N–H and O–H groups in total. The van der Waals surface area contributed by atoms with E-state index in [4.69, 9.17) is 5.73 Å². The third-order valence-corrected chi connectivity index (χ3v) is 3.90. The zero-order valence-corrected chi connectivity index (χ0v) is 13.0. The molecule has 2 amide bonds. The van der Waals surface area contributed by atoms with Crippen LogP contribution in [0.5, 0.6) is 0 Å². The second-order valence-electron chi connectivity index (χ2n) is 5.85. The number of halogens is 1. The molecule has 0 spiro atoms. The van der Waals surface area contributed by atoms with Gasteiger partial charge < -0.3 is 16.4 Å². The van der Waals surface area contributed by atoms with E-state index >= 15 is 0 Å². The maximum atomic E-state index is 13.9. The number of hydrogen-bond acceptors (Lipinski definition) is 3. The smallest absolute Gasteiger partial charge is 0.244 e. The zero-order chi connectivity index (χ0) is 17.1. The fourth-order valence-electron chi connectivity index (χ4n) is 2.42. The topological polar surface area (TPSA) is 84.2 Å². The van der Waals surface area contributed by atoms with Gasteiger partial charge >= 0.3 is 0 Å². The van der Waals surface area contributed by atoms with Gasteiger partial charge in [0.1, 0.15) is 11.9 Å². The lowest BCUT2D eigenvalue weighted by Crippen LogP contribution is -2.27. The van der Waals surface area contributed by atoms with Crippen LogP contribution in [0.25, 0.3) is 0 Å². The van der Waals surface area contributed by atoms with E-state index in [1.54, 1.807) is 24.3 Å². The molecule has 0 aliphatic heterocycles. The van der Waals surface area contributed by atoms with Crippen LogP contribution in [-0.2, 0) is 9.59 Å². The van der Waals surface area contributed by atoms with Crippen molar-refractivity contribution in [2.75, 3.05) is 10.6 Å². The zero-order valence-electron chi connectivity index (χ0n) is 13.0. The van der Waals surface area contributed by atoms with Gasteiger partial charge in [-0.25, -0.2) is 4.39 Å². The predicted molar refractivity (Wildman–Crippen MR) is 89.8 cm³/mol. The summed E-state index contributed by atoms with van der Waals surface area (Å²) in [7, 11) is 0. The summed E-state index contributed by atoms with van der Waals surface area (Å²) in [4.78, 5) is 23.6. The van der Waals surface area contributed by atoms with Crippen molar-refractivity contribution in [2.24, 2.45) is 11.7 Å². The number of carbonyl (C=O) groups is 2. The van der Waals surface area contributed by atoms with Gasteiger partial charge in [-0.15, -0.1) is 0 Å². The van der Waals surface area contributed by atoms with E-state index in [0.717, 1.165) is 12.8 Å². The lowest BCUT2D eigenvalue weighted by atomic mass is 10.1. The van der Waals surface area contributed by atoms with Crippen molar-refractivity contribution in [3.05, 3.63) is 59.9 Å². The molecule has 6 heteroatoms. The Kier molecular flexibility index (Phi) is 4.46. The van der Waals surface area contributed by atoms with Gasteiger partial charge in [0.25, 0.3) is 0 Å². The van der Waals surface area contributed by atoms with E-state index in [9.17, 15) is 14.0 Å². The number of anilines is 2. The molecular weight excluding hydrogens is 309 g/mol. The third-order valence-electron chi connectivity index (χ3n) is 3.90. The molecule has 2 aromatic carbocycles. The second kappa shape index (κ2) is 6.70. The van der Waals surface area contributed by atoms with Crippen LogP contribution in [0.15, 0.2) is 48.5 Å². The largest absolute Gasteiger partial charge is 0.370 e. The molecule has 1 atom stereocenters. The fraction of sp³-hybridized carbons (Fsp3) is 0.222. The van der Waals surface area contributed by atoms with Gasteiger partial charge in [0.05, 0.1) is 5.69 Å². The Bertz CT molecular complexity index is 760. The maximum absolute atomic E-state index is 13.9. The third kappa shape index (κ3) is 3.71. The highest BCUT2D eigenvalue weighted by molar-refractivity contribution is 5.94. The molecule has 5 nitrogen and oxygen atoms in total. The summed E-state index contributed by atoms with van der Waals surface area (Å²) < 4.78 is 13.9. The first kappa shape index (κ1) is 16.0. The van der Waals surface area contributed by atoms with Gasteiger partial charge in [-0.05, 0) is 36.6 Å². The maximum Gasteiger partial charge on any atom is 0.244 e. The minimum Gasteiger partial charge on any atom is -0.370 e. The standard InChI is InChI=1S/C18H18FN3O2/c19-14-9-8-13(10-15(14)22-18(24)12-6-7-12)21-16(17(20)23)11-4-2-1-3-5-11/h1-5,8-10,12,16,21H,6-7H2,(H2,20,23)(H,22,24). The molecule has 3 rings (SSSR count). The van der Waals surface area contributed by atoms with Crippen molar-refractivity contribution in [3.8, 4) is 0 Å². The van der Waals surface area contributed by atoms with Crippen molar-refractivity contribution < 1.29 is 14.0 Å². The summed E-state index contributed by atoms with van der Waals surface area (Å²) >= 11 is 0. The second-order valence-corrected chi connectivity index (χ2v) is 5.85. The summed E-state index contributed by atoms with van der Waals surface area (Å²) in [6.45, 7) is 0. The fourth-order valence-corrected chi connectivity index (χ4v) is 2.42. The van der Waals surface area contributed by atoms with Crippen LogP contribution in [0.1, 0.15) is 24.4 Å². The van der Waals surface area contributed by atoms with Crippen molar-refractivity contribution in [1.82, 2.24) is 0 Å². The minimum absolute atomic E-state index is 0.0243. The number of rotatable bonds is 6. The van der Waals surface area contributed by atoms with Crippen LogP contribution >= 0.6 is 0 Å². The van der Waals surface area contributed by atoms with Crippen LogP contribution in [0.4, 0.5) is 15.8 Å². The van der Waals surface area contributed by atoms with Crippen molar-refractivity contribution >= 4 is 23.2 Å². The summed E-state index contributed by atoms with van der Waals surface area (Å²) in [5, 5.41) is 5.57. The molecule has 1 fully saturated rings. The van der Waals surface area contributed by atoms with Gasteiger partial charge in [0.2, 0.25) is 11.8 Å². The molecule has 1 unspecified atom stereocenters. The lowest BCUT2D eigenvalue weighted by molar-refractivity contribution is -0.119. The lowest BCUT2D eigenvalue weighted by Gasteiger charge is -2.18. The molecule has 0 bridgehead atoms.